The van der Waals surface area contributed by atoms with E-state index < -0.39 is 11.7 Å². The minimum absolute atomic E-state index is 0.142. The molecule has 4 heteroatoms. The molecule has 4 rings (SSSR count). The van der Waals surface area contributed by atoms with Crippen LogP contribution in [-0.2, 0) is 0 Å². The molecule has 132 valence electrons. The molecule has 0 spiro atoms. The second-order valence-corrected chi connectivity index (χ2v) is 6.09. The maximum atomic E-state index is 13.1. The zero-order valence-corrected chi connectivity index (χ0v) is 14.4. The van der Waals surface area contributed by atoms with Crippen LogP contribution in [0.15, 0.2) is 100 Å². The van der Waals surface area contributed by atoms with Gasteiger partial charge in [0.2, 0.25) is 5.78 Å². The number of hydrogen-bond donors (Lipinski definition) is 0. The molecule has 0 N–H and O–H groups in total. The lowest BCUT2D eigenvalue weighted by molar-refractivity contribution is 0.0792. The van der Waals surface area contributed by atoms with E-state index >= 15 is 0 Å². The highest BCUT2D eigenvalue weighted by atomic mass is 16.5. The molecule has 0 amide bonds. The van der Waals surface area contributed by atoms with Crippen LogP contribution in [0.5, 0.6) is 5.75 Å². The highest BCUT2D eigenvalue weighted by molar-refractivity contribution is 6.00. The second-order valence-electron chi connectivity index (χ2n) is 6.09. The molecule has 1 unspecified atom stereocenters. The number of Topliss-reactive ketones (excluding diaryl/α,β-unsaturated/α-hetero) is 1. The fourth-order valence-corrected chi connectivity index (χ4v) is 2.90. The van der Waals surface area contributed by atoms with Gasteiger partial charge in [-0.15, -0.1) is 0 Å². The Balaban J connectivity index is 1.73. The van der Waals surface area contributed by atoms with Crippen molar-refractivity contribution in [2.24, 2.45) is 0 Å². The average molecular weight is 356 g/mol. The number of fused-ring (bicyclic) bond motifs is 1. The summed E-state index contributed by atoms with van der Waals surface area (Å²) in [5, 5.41) is 0.785. The summed E-state index contributed by atoms with van der Waals surface area (Å²) in [6.45, 7) is 0. The molecule has 0 aliphatic rings. The van der Waals surface area contributed by atoms with Gasteiger partial charge in [-0.05, 0) is 18.2 Å². The van der Waals surface area contributed by atoms with Crippen LogP contribution in [0.1, 0.15) is 22.0 Å². The van der Waals surface area contributed by atoms with Crippen molar-refractivity contribution in [1.29, 1.82) is 0 Å². The van der Waals surface area contributed by atoms with E-state index in [9.17, 15) is 9.59 Å². The Morgan fingerprint density at radius 2 is 1.48 bits per heavy atom. The summed E-state index contributed by atoms with van der Waals surface area (Å²) in [7, 11) is 0. The minimum Gasteiger partial charge on any atom is -0.477 e. The van der Waals surface area contributed by atoms with Gasteiger partial charge in [0.25, 0.3) is 0 Å². The number of benzene rings is 3. The summed E-state index contributed by atoms with van der Waals surface area (Å²) in [5.41, 5.74) is 1.30. The number of carbonyl (C=O) groups is 1. The zero-order valence-electron chi connectivity index (χ0n) is 14.4. The molecular weight excluding hydrogens is 340 g/mol. The zero-order chi connectivity index (χ0) is 18.6. The molecule has 0 bridgehead atoms. The third-order valence-electron chi connectivity index (χ3n) is 4.25. The fourth-order valence-electron chi connectivity index (χ4n) is 2.90. The van der Waals surface area contributed by atoms with Crippen LogP contribution in [-0.4, -0.2) is 5.78 Å². The third-order valence-corrected chi connectivity index (χ3v) is 4.25. The maximum Gasteiger partial charge on any atom is 0.336 e. The van der Waals surface area contributed by atoms with Crippen molar-refractivity contribution >= 4 is 16.8 Å². The lowest BCUT2D eigenvalue weighted by Crippen LogP contribution is -2.19. The molecule has 4 nitrogen and oxygen atoms in total. The van der Waals surface area contributed by atoms with E-state index in [1.54, 1.807) is 36.4 Å². The molecule has 4 aromatic rings. The monoisotopic (exact) mass is 356 g/mol. The first-order chi connectivity index (χ1) is 13.2. The molecule has 3 aromatic carbocycles. The van der Waals surface area contributed by atoms with Crippen molar-refractivity contribution in [3.63, 3.8) is 0 Å². The van der Waals surface area contributed by atoms with Crippen LogP contribution in [0.2, 0.25) is 0 Å². The van der Waals surface area contributed by atoms with Crippen molar-refractivity contribution < 1.29 is 13.9 Å². The topological polar surface area (TPSA) is 56.5 Å². The van der Waals surface area contributed by atoms with Gasteiger partial charge < -0.3 is 9.15 Å². The normalized spacial score (nSPS) is 11.9. The molecule has 0 saturated heterocycles. The standard InChI is InChI=1S/C23H16O4/c24-21-14-12-16-11-13-19(15-20(16)27-21)26-23(18-9-5-2-6-10-18)22(25)17-7-3-1-4-8-17/h1-15,23H. The highest BCUT2D eigenvalue weighted by Gasteiger charge is 2.24. The van der Waals surface area contributed by atoms with E-state index in [1.165, 1.54) is 6.07 Å². The van der Waals surface area contributed by atoms with Gasteiger partial charge in [-0.2, -0.15) is 0 Å². The average Bonchev–Trinajstić information content (AvgIpc) is 2.72. The Labute approximate surface area is 155 Å². The predicted octanol–water partition coefficient (Wildman–Crippen LogP) is 4.80. The number of carbonyl (C=O) groups excluding carboxylic acids is 1. The Kier molecular flexibility index (Phi) is 4.54. The maximum absolute atomic E-state index is 13.1. The van der Waals surface area contributed by atoms with Crippen LogP contribution in [0.25, 0.3) is 11.0 Å². The van der Waals surface area contributed by atoms with Gasteiger partial charge in [0.1, 0.15) is 11.3 Å². The fraction of sp³-hybridized carbons (Fsp3) is 0.0435. The van der Waals surface area contributed by atoms with E-state index in [0.717, 1.165) is 10.9 Å². The van der Waals surface area contributed by atoms with Crippen molar-refractivity contribution in [3.8, 4) is 5.75 Å². The first kappa shape index (κ1) is 16.8. The number of hydrogen-bond acceptors (Lipinski definition) is 4. The van der Waals surface area contributed by atoms with Gasteiger partial charge in [-0.1, -0.05) is 60.7 Å². The molecule has 0 radical (unpaired) electrons. The Morgan fingerprint density at radius 3 is 2.22 bits per heavy atom. The van der Waals surface area contributed by atoms with Crippen LogP contribution < -0.4 is 10.4 Å². The van der Waals surface area contributed by atoms with Crippen molar-refractivity contribution in [2.45, 2.75) is 6.10 Å². The van der Waals surface area contributed by atoms with Gasteiger partial charge in [0.05, 0.1) is 0 Å². The van der Waals surface area contributed by atoms with Crippen molar-refractivity contribution in [3.05, 3.63) is 113 Å². The van der Waals surface area contributed by atoms with E-state index in [2.05, 4.69) is 0 Å². The molecule has 0 saturated carbocycles. The van der Waals surface area contributed by atoms with Crippen LogP contribution in [0.3, 0.4) is 0 Å². The summed E-state index contributed by atoms with van der Waals surface area (Å²) < 4.78 is 11.3. The number of ether oxygens (including phenoxy) is 1. The van der Waals surface area contributed by atoms with E-state index in [-0.39, 0.29) is 5.78 Å². The number of ketones is 1. The van der Waals surface area contributed by atoms with Gasteiger partial charge in [-0.3, -0.25) is 4.79 Å². The Morgan fingerprint density at radius 1 is 0.815 bits per heavy atom. The second kappa shape index (κ2) is 7.30. The van der Waals surface area contributed by atoms with Crippen LogP contribution >= 0.6 is 0 Å². The first-order valence-electron chi connectivity index (χ1n) is 8.55. The van der Waals surface area contributed by atoms with Gasteiger partial charge >= 0.3 is 5.63 Å². The molecule has 27 heavy (non-hydrogen) atoms. The van der Waals surface area contributed by atoms with E-state index in [4.69, 9.17) is 9.15 Å². The van der Waals surface area contributed by atoms with Gasteiger partial charge in [0, 0.05) is 28.6 Å². The number of rotatable bonds is 5. The Bertz CT molecular complexity index is 1130. The molecule has 0 aliphatic heterocycles. The third kappa shape index (κ3) is 3.65. The smallest absolute Gasteiger partial charge is 0.336 e. The lowest BCUT2D eigenvalue weighted by Gasteiger charge is -2.19. The van der Waals surface area contributed by atoms with Gasteiger partial charge in [0.15, 0.2) is 6.10 Å². The quantitative estimate of drug-likeness (QED) is 0.381. The van der Waals surface area contributed by atoms with E-state index in [0.29, 0.717) is 16.9 Å². The molecule has 1 heterocycles. The summed E-state index contributed by atoms with van der Waals surface area (Å²) in [6.07, 6.45) is -0.804. The summed E-state index contributed by atoms with van der Waals surface area (Å²) >= 11 is 0. The summed E-state index contributed by atoms with van der Waals surface area (Å²) in [6, 6.07) is 26.6. The largest absolute Gasteiger partial charge is 0.477 e. The predicted molar refractivity (Wildman–Crippen MR) is 103 cm³/mol. The van der Waals surface area contributed by atoms with Gasteiger partial charge in [-0.25, -0.2) is 4.79 Å². The van der Waals surface area contributed by atoms with Crippen molar-refractivity contribution in [2.75, 3.05) is 0 Å². The molecular formula is C23H16O4. The SMILES string of the molecule is O=C(c1ccccc1)C(Oc1ccc2ccc(=O)oc2c1)c1ccccc1. The molecule has 0 fully saturated rings. The highest BCUT2D eigenvalue weighted by Crippen LogP contribution is 2.28. The first-order valence-corrected chi connectivity index (χ1v) is 8.55. The van der Waals surface area contributed by atoms with Crippen LogP contribution in [0.4, 0.5) is 0 Å². The summed E-state index contributed by atoms with van der Waals surface area (Å²) in [4.78, 5) is 24.5. The minimum atomic E-state index is -0.804. The Hall–Kier alpha value is -3.66. The molecule has 1 aromatic heterocycles. The summed E-state index contributed by atoms with van der Waals surface area (Å²) in [5.74, 6) is 0.311. The lowest BCUT2D eigenvalue weighted by atomic mass is 10.00. The molecule has 1 atom stereocenters. The molecule has 0 aliphatic carbocycles. The van der Waals surface area contributed by atoms with Crippen molar-refractivity contribution in [1.82, 2.24) is 0 Å². The van der Waals surface area contributed by atoms with Crippen LogP contribution in [0, 0.1) is 0 Å². The van der Waals surface area contributed by atoms with E-state index in [1.807, 2.05) is 48.5 Å².